The van der Waals surface area contributed by atoms with Gasteiger partial charge in [0.15, 0.2) is 0 Å². The topological polar surface area (TPSA) is 12.0 Å². The molecule has 0 aromatic carbocycles. The van der Waals surface area contributed by atoms with E-state index in [2.05, 4.69) is 45.2 Å². The van der Waals surface area contributed by atoms with Crippen LogP contribution in [0.25, 0.3) is 0 Å². The molecule has 14 heavy (non-hydrogen) atoms. The van der Waals surface area contributed by atoms with Gasteiger partial charge in [0, 0.05) is 12.1 Å². The van der Waals surface area contributed by atoms with E-state index in [1.165, 1.54) is 19.3 Å². The second kappa shape index (κ2) is 5.55. The maximum absolute atomic E-state index is 3.69. The Morgan fingerprint density at radius 2 is 1.79 bits per heavy atom. The van der Waals surface area contributed by atoms with Crippen molar-refractivity contribution in [3.05, 3.63) is 12.2 Å². The fraction of sp³-hybridized carbons (Fsp3) is 0.846. The second-order valence-corrected chi connectivity index (χ2v) is 5.26. The molecular weight excluding hydrogens is 170 g/mol. The van der Waals surface area contributed by atoms with Crippen LogP contribution in [-0.4, -0.2) is 12.1 Å². The zero-order valence-corrected chi connectivity index (χ0v) is 10.1. The molecule has 0 unspecified atom stereocenters. The summed E-state index contributed by atoms with van der Waals surface area (Å²) in [4.78, 5) is 0. The molecule has 0 spiro atoms. The maximum atomic E-state index is 3.69. The maximum Gasteiger partial charge on any atom is 0.0135 e. The highest BCUT2D eigenvalue weighted by molar-refractivity contribution is 4.98. The summed E-state index contributed by atoms with van der Waals surface area (Å²) in [5.41, 5.74) is 0. The molecule has 0 heterocycles. The van der Waals surface area contributed by atoms with Crippen molar-refractivity contribution >= 4 is 0 Å². The standard InChI is InChI=1S/C13H25N/c1-10(2)9-12-7-5-6-8-13(12)14-11(3)4/h5-6,10-14H,7-9H2,1-4H3/t12-,13+/m1/s1. The van der Waals surface area contributed by atoms with Crippen molar-refractivity contribution in [2.75, 3.05) is 0 Å². The van der Waals surface area contributed by atoms with E-state index in [0.717, 1.165) is 11.8 Å². The van der Waals surface area contributed by atoms with Crippen LogP contribution in [-0.2, 0) is 0 Å². The van der Waals surface area contributed by atoms with Crippen molar-refractivity contribution in [2.45, 2.75) is 59.0 Å². The molecule has 1 heteroatoms. The minimum atomic E-state index is 0.612. The Hall–Kier alpha value is -0.300. The molecule has 0 aromatic rings. The third kappa shape index (κ3) is 3.83. The first kappa shape index (κ1) is 11.8. The van der Waals surface area contributed by atoms with Crippen LogP contribution in [0.1, 0.15) is 47.0 Å². The summed E-state index contributed by atoms with van der Waals surface area (Å²) in [6.07, 6.45) is 8.52. The Balaban J connectivity index is 2.47. The Kier molecular flexibility index (Phi) is 4.67. The third-order valence-electron chi connectivity index (χ3n) is 2.89. The van der Waals surface area contributed by atoms with Crippen molar-refractivity contribution in [1.82, 2.24) is 5.32 Å². The van der Waals surface area contributed by atoms with Gasteiger partial charge in [0.25, 0.3) is 0 Å². The molecule has 0 saturated heterocycles. The van der Waals surface area contributed by atoms with Gasteiger partial charge in [-0.2, -0.15) is 0 Å². The highest BCUT2D eigenvalue weighted by atomic mass is 14.9. The molecule has 1 nitrogen and oxygen atoms in total. The molecule has 0 bridgehead atoms. The van der Waals surface area contributed by atoms with Gasteiger partial charge in [-0.25, -0.2) is 0 Å². The second-order valence-electron chi connectivity index (χ2n) is 5.26. The van der Waals surface area contributed by atoms with E-state index < -0.39 is 0 Å². The molecular formula is C13H25N. The molecule has 1 N–H and O–H groups in total. The van der Waals surface area contributed by atoms with Crippen molar-refractivity contribution in [3.63, 3.8) is 0 Å². The lowest BCUT2D eigenvalue weighted by Crippen LogP contribution is -2.41. The highest BCUT2D eigenvalue weighted by Crippen LogP contribution is 2.25. The van der Waals surface area contributed by atoms with Crippen LogP contribution in [0.15, 0.2) is 12.2 Å². The molecule has 82 valence electrons. The first-order chi connectivity index (χ1) is 6.59. The normalized spacial score (nSPS) is 27.6. The zero-order valence-electron chi connectivity index (χ0n) is 10.1. The molecule has 2 atom stereocenters. The van der Waals surface area contributed by atoms with Crippen LogP contribution in [0.3, 0.4) is 0 Å². The SMILES string of the molecule is CC(C)C[C@H]1CC=CC[C@@H]1NC(C)C. The van der Waals surface area contributed by atoms with Crippen LogP contribution in [0, 0.1) is 11.8 Å². The summed E-state index contributed by atoms with van der Waals surface area (Å²) >= 11 is 0. The summed E-state index contributed by atoms with van der Waals surface area (Å²) in [6.45, 7) is 9.13. The Bertz CT molecular complexity index is 162. The summed E-state index contributed by atoms with van der Waals surface area (Å²) in [5.74, 6) is 1.67. The molecule has 1 rings (SSSR count). The zero-order chi connectivity index (χ0) is 10.6. The van der Waals surface area contributed by atoms with Crippen LogP contribution >= 0.6 is 0 Å². The first-order valence-electron chi connectivity index (χ1n) is 6.00. The van der Waals surface area contributed by atoms with Gasteiger partial charge in [0.2, 0.25) is 0 Å². The molecule has 0 saturated carbocycles. The Morgan fingerprint density at radius 1 is 1.14 bits per heavy atom. The van der Waals surface area contributed by atoms with Gasteiger partial charge >= 0.3 is 0 Å². The molecule has 1 aliphatic carbocycles. The minimum absolute atomic E-state index is 0.612. The van der Waals surface area contributed by atoms with Gasteiger partial charge in [-0.1, -0.05) is 39.8 Å². The largest absolute Gasteiger partial charge is 0.311 e. The Labute approximate surface area is 89.0 Å². The van der Waals surface area contributed by atoms with Gasteiger partial charge in [0.1, 0.15) is 0 Å². The van der Waals surface area contributed by atoms with Crippen LogP contribution in [0.2, 0.25) is 0 Å². The van der Waals surface area contributed by atoms with Gasteiger partial charge in [-0.15, -0.1) is 0 Å². The molecule has 0 radical (unpaired) electrons. The predicted octanol–water partition coefficient (Wildman–Crippen LogP) is 3.37. The van der Waals surface area contributed by atoms with E-state index in [-0.39, 0.29) is 0 Å². The van der Waals surface area contributed by atoms with E-state index in [0.29, 0.717) is 12.1 Å². The summed E-state index contributed by atoms with van der Waals surface area (Å²) < 4.78 is 0. The minimum Gasteiger partial charge on any atom is -0.311 e. The van der Waals surface area contributed by atoms with E-state index >= 15 is 0 Å². The fourth-order valence-electron chi connectivity index (χ4n) is 2.37. The number of rotatable bonds is 4. The van der Waals surface area contributed by atoms with Gasteiger partial charge in [0.05, 0.1) is 0 Å². The summed E-state index contributed by atoms with van der Waals surface area (Å²) in [5, 5.41) is 3.69. The Morgan fingerprint density at radius 3 is 2.36 bits per heavy atom. The molecule has 0 fully saturated rings. The molecule has 1 aliphatic rings. The number of hydrogen-bond donors (Lipinski definition) is 1. The number of nitrogens with one attached hydrogen (secondary N) is 1. The lowest BCUT2D eigenvalue weighted by atomic mass is 9.83. The summed E-state index contributed by atoms with van der Waals surface area (Å²) in [7, 11) is 0. The fourth-order valence-corrected chi connectivity index (χ4v) is 2.37. The third-order valence-corrected chi connectivity index (χ3v) is 2.89. The van der Waals surface area contributed by atoms with E-state index in [9.17, 15) is 0 Å². The van der Waals surface area contributed by atoms with Crippen LogP contribution in [0.5, 0.6) is 0 Å². The first-order valence-corrected chi connectivity index (χ1v) is 6.00. The smallest absolute Gasteiger partial charge is 0.0135 e. The average molecular weight is 195 g/mol. The van der Waals surface area contributed by atoms with Crippen molar-refractivity contribution < 1.29 is 0 Å². The quantitative estimate of drug-likeness (QED) is 0.678. The van der Waals surface area contributed by atoms with Gasteiger partial charge in [-0.05, 0) is 31.1 Å². The lowest BCUT2D eigenvalue weighted by Gasteiger charge is -2.32. The highest BCUT2D eigenvalue weighted by Gasteiger charge is 2.23. The monoisotopic (exact) mass is 195 g/mol. The summed E-state index contributed by atoms with van der Waals surface area (Å²) in [6, 6.07) is 1.32. The van der Waals surface area contributed by atoms with Crippen LogP contribution in [0.4, 0.5) is 0 Å². The molecule has 0 aromatic heterocycles. The lowest BCUT2D eigenvalue weighted by molar-refractivity contribution is 0.281. The van der Waals surface area contributed by atoms with Crippen LogP contribution < -0.4 is 5.32 Å². The molecule has 0 aliphatic heterocycles. The number of allylic oxidation sites excluding steroid dienone is 1. The molecule has 0 amide bonds. The van der Waals surface area contributed by atoms with Crippen molar-refractivity contribution in [2.24, 2.45) is 11.8 Å². The predicted molar refractivity (Wildman–Crippen MR) is 63.4 cm³/mol. The van der Waals surface area contributed by atoms with Crippen molar-refractivity contribution in [1.29, 1.82) is 0 Å². The van der Waals surface area contributed by atoms with E-state index in [4.69, 9.17) is 0 Å². The number of hydrogen-bond acceptors (Lipinski definition) is 1. The van der Waals surface area contributed by atoms with Gasteiger partial charge in [-0.3, -0.25) is 0 Å². The van der Waals surface area contributed by atoms with Crippen molar-refractivity contribution in [3.8, 4) is 0 Å². The van der Waals surface area contributed by atoms with E-state index in [1.807, 2.05) is 0 Å². The average Bonchev–Trinajstić information content (AvgIpc) is 2.06. The van der Waals surface area contributed by atoms with E-state index in [1.54, 1.807) is 0 Å². The van der Waals surface area contributed by atoms with Gasteiger partial charge < -0.3 is 5.32 Å².